The van der Waals surface area contributed by atoms with Gasteiger partial charge in [-0.05, 0) is 62.1 Å². The predicted molar refractivity (Wildman–Crippen MR) is 112 cm³/mol. The number of benzene rings is 1. The van der Waals surface area contributed by atoms with E-state index in [1.807, 2.05) is 0 Å². The van der Waals surface area contributed by atoms with Crippen LogP contribution in [0.15, 0.2) is 24.5 Å². The van der Waals surface area contributed by atoms with Crippen molar-refractivity contribution in [2.75, 3.05) is 17.2 Å². The molecular formula is C22H25FN4O4. The summed E-state index contributed by atoms with van der Waals surface area (Å²) < 4.78 is 20.8. The van der Waals surface area contributed by atoms with Crippen LogP contribution in [-0.2, 0) is 4.79 Å². The lowest BCUT2D eigenvalue weighted by molar-refractivity contribution is -0.138. The summed E-state index contributed by atoms with van der Waals surface area (Å²) in [5.74, 6) is -1.24. The molecule has 0 radical (unpaired) electrons. The van der Waals surface area contributed by atoms with Gasteiger partial charge < -0.3 is 20.5 Å². The largest absolute Gasteiger partial charge is 0.481 e. The number of hydrogen-bond donors (Lipinski definition) is 2. The zero-order chi connectivity index (χ0) is 22.1. The predicted octanol–water partition coefficient (Wildman–Crippen LogP) is 3.37. The zero-order valence-corrected chi connectivity index (χ0v) is 17.3. The highest BCUT2D eigenvalue weighted by molar-refractivity contribution is 6.10. The Labute approximate surface area is 179 Å². The van der Waals surface area contributed by atoms with Gasteiger partial charge in [0.2, 0.25) is 5.88 Å². The number of nitrogens with two attached hydrogens (primary N) is 1. The van der Waals surface area contributed by atoms with Crippen molar-refractivity contribution in [2.24, 2.45) is 5.92 Å². The third kappa shape index (κ3) is 4.30. The molecule has 3 N–H and O–H groups in total. The van der Waals surface area contributed by atoms with E-state index in [0.29, 0.717) is 11.3 Å². The Balaban J connectivity index is 1.56. The van der Waals surface area contributed by atoms with Crippen LogP contribution >= 0.6 is 0 Å². The molecule has 2 aliphatic rings. The second-order valence-corrected chi connectivity index (χ2v) is 8.30. The summed E-state index contributed by atoms with van der Waals surface area (Å²) in [6.07, 6.45) is 4.09. The van der Waals surface area contributed by atoms with E-state index in [9.17, 15) is 9.59 Å². The molecule has 1 aliphatic heterocycles. The maximum Gasteiger partial charge on any atom is 0.303 e. The highest BCUT2D eigenvalue weighted by Crippen LogP contribution is 2.39. The van der Waals surface area contributed by atoms with Gasteiger partial charge in [-0.1, -0.05) is 6.07 Å². The molecule has 4 rings (SSSR count). The lowest BCUT2D eigenvalue weighted by Crippen LogP contribution is -2.36. The van der Waals surface area contributed by atoms with Crippen LogP contribution in [-0.4, -0.2) is 39.6 Å². The summed E-state index contributed by atoms with van der Waals surface area (Å²) in [6.45, 7) is 2.02. The lowest BCUT2D eigenvalue weighted by Gasteiger charge is -2.29. The molecule has 9 heteroatoms. The number of aromatic nitrogens is 2. The molecule has 0 saturated heterocycles. The number of nitrogen functional groups attached to an aromatic ring is 1. The molecule has 0 spiro atoms. The van der Waals surface area contributed by atoms with Gasteiger partial charge in [-0.3, -0.25) is 9.59 Å². The van der Waals surface area contributed by atoms with Gasteiger partial charge in [-0.25, -0.2) is 14.4 Å². The summed E-state index contributed by atoms with van der Waals surface area (Å²) in [6, 6.07) is 4.83. The number of hydrogen-bond acceptors (Lipinski definition) is 6. The summed E-state index contributed by atoms with van der Waals surface area (Å²) in [5, 5.41) is 8.97. The van der Waals surface area contributed by atoms with Crippen LogP contribution in [0.5, 0.6) is 5.88 Å². The summed E-state index contributed by atoms with van der Waals surface area (Å²) in [5.41, 5.74) is 6.99. The molecule has 2 aromatic rings. The van der Waals surface area contributed by atoms with E-state index in [1.54, 1.807) is 19.1 Å². The Morgan fingerprint density at radius 1 is 1.29 bits per heavy atom. The number of carboxylic acid groups (broad SMARTS) is 1. The standard InChI is InChI=1S/C22H25FN4O4/c1-12-10-27(22(30)19-20(24)25-11-26-21(19)31-12)15-6-7-16(17(23)9-15)14-4-2-13(3-5-14)8-18(28)29/h6-7,9,11-14H,2-5,8,10H2,1H3,(H,28,29)(H2,24,25,26). The number of carbonyl (C=O) groups excluding carboxylic acids is 1. The third-order valence-electron chi connectivity index (χ3n) is 6.10. The van der Waals surface area contributed by atoms with Gasteiger partial charge in [-0.15, -0.1) is 0 Å². The van der Waals surface area contributed by atoms with Crippen molar-refractivity contribution in [2.45, 2.75) is 51.0 Å². The van der Waals surface area contributed by atoms with Crippen molar-refractivity contribution in [3.63, 3.8) is 0 Å². The van der Waals surface area contributed by atoms with Crippen LogP contribution in [0.3, 0.4) is 0 Å². The Kier molecular flexibility index (Phi) is 5.75. The van der Waals surface area contributed by atoms with Gasteiger partial charge in [0, 0.05) is 12.1 Å². The molecule has 31 heavy (non-hydrogen) atoms. The first kappa shape index (κ1) is 21.0. The number of halogens is 1. The number of rotatable bonds is 4. The average molecular weight is 428 g/mol. The Morgan fingerprint density at radius 3 is 2.71 bits per heavy atom. The SMILES string of the molecule is CC1CN(c2ccc(C3CCC(CC(=O)O)CC3)c(F)c2)C(=O)c2c(N)ncnc2O1. The molecule has 1 aromatic heterocycles. The third-order valence-corrected chi connectivity index (χ3v) is 6.10. The molecule has 1 fully saturated rings. The molecular weight excluding hydrogens is 403 g/mol. The van der Waals surface area contributed by atoms with Crippen LogP contribution in [0.25, 0.3) is 0 Å². The topological polar surface area (TPSA) is 119 Å². The van der Waals surface area contributed by atoms with E-state index in [0.717, 1.165) is 25.7 Å². The molecule has 1 aliphatic carbocycles. The number of anilines is 2. The fourth-order valence-corrected chi connectivity index (χ4v) is 4.54. The molecule has 1 saturated carbocycles. The number of carboxylic acids is 1. The molecule has 1 unspecified atom stereocenters. The maximum atomic E-state index is 15.1. The number of amides is 1. The van der Waals surface area contributed by atoms with Crippen LogP contribution in [0.1, 0.15) is 60.9 Å². The molecule has 164 valence electrons. The van der Waals surface area contributed by atoms with E-state index in [-0.39, 0.29) is 54.0 Å². The fourth-order valence-electron chi connectivity index (χ4n) is 4.54. The molecule has 1 aromatic carbocycles. The molecule has 1 amide bonds. The lowest BCUT2D eigenvalue weighted by atomic mass is 9.77. The van der Waals surface area contributed by atoms with Gasteiger partial charge in [0.05, 0.1) is 6.54 Å². The van der Waals surface area contributed by atoms with Crippen molar-refractivity contribution >= 4 is 23.4 Å². The van der Waals surface area contributed by atoms with Gasteiger partial charge in [0.25, 0.3) is 5.91 Å². The average Bonchev–Trinajstić information content (AvgIpc) is 2.85. The van der Waals surface area contributed by atoms with Crippen LogP contribution in [0, 0.1) is 11.7 Å². The van der Waals surface area contributed by atoms with Crippen molar-refractivity contribution in [3.8, 4) is 5.88 Å². The van der Waals surface area contributed by atoms with E-state index in [4.69, 9.17) is 15.6 Å². The maximum absolute atomic E-state index is 15.1. The minimum Gasteiger partial charge on any atom is -0.481 e. The molecule has 8 nitrogen and oxygen atoms in total. The Hall–Kier alpha value is -3.23. The van der Waals surface area contributed by atoms with Gasteiger partial charge >= 0.3 is 5.97 Å². The first-order valence-electron chi connectivity index (χ1n) is 10.4. The number of fused-ring (bicyclic) bond motifs is 1. The van der Waals surface area contributed by atoms with E-state index < -0.39 is 11.9 Å². The Bertz CT molecular complexity index is 1010. The number of ether oxygens (including phenoxy) is 1. The molecule has 2 heterocycles. The van der Waals surface area contributed by atoms with E-state index >= 15 is 4.39 Å². The molecule has 0 bridgehead atoms. The highest BCUT2D eigenvalue weighted by atomic mass is 19.1. The summed E-state index contributed by atoms with van der Waals surface area (Å²) >= 11 is 0. The first-order valence-corrected chi connectivity index (χ1v) is 10.4. The molecule has 1 atom stereocenters. The van der Waals surface area contributed by atoms with Crippen molar-refractivity contribution in [3.05, 3.63) is 41.5 Å². The summed E-state index contributed by atoms with van der Waals surface area (Å²) in [4.78, 5) is 33.4. The zero-order valence-electron chi connectivity index (χ0n) is 17.3. The Morgan fingerprint density at radius 2 is 2.03 bits per heavy atom. The second kappa shape index (κ2) is 8.49. The van der Waals surface area contributed by atoms with Gasteiger partial charge in [0.15, 0.2) is 0 Å². The normalized spacial score (nSPS) is 23.6. The smallest absolute Gasteiger partial charge is 0.303 e. The summed E-state index contributed by atoms with van der Waals surface area (Å²) in [7, 11) is 0. The monoisotopic (exact) mass is 428 g/mol. The van der Waals surface area contributed by atoms with Crippen molar-refractivity contribution < 1.29 is 23.8 Å². The van der Waals surface area contributed by atoms with Crippen LogP contribution in [0.4, 0.5) is 15.9 Å². The number of nitrogens with zero attached hydrogens (tertiary/aromatic N) is 3. The van der Waals surface area contributed by atoms with Gasteiger partial charge in [0.1, 0.15) is 29.6 Å². The quantitative estimate of drug-likeness (QED) is 0.766. The van der Waals surface area contributed by atoms with E-state index in [2.05, 4.69) is 9.97 Å². The van der Waals surface area contributed by atoms with Crippen LogP contribution < -0.4 is 15.4 Å². The van der Waals surface area contributed by atoms with Crippen molar-refractivity contribution in [1.82, 2.24) is 9.97 Å². The van der Waals surface area contributed by atoms with E-state index in [1.165, 1.54) is 17.3 Å². The van der Waals surface area contributed by atoms with Crippen molar-refractivity contribution in [1.29, 1.82) is 0 Å². The fraction of sp³-hybridized carbons (Fsp3) is 0.455. The number of carbonyl (C=O) groups is 2. The van der Waals surface area contributed by atoms with Crippen LogP contribution in [0.2, 0.25) is 0 Å². The van der Waals surface area contributed by atoms with Gasteiger partial charge in [-0.2, -0.15) is 0 Å². The second-order valence-electron chi connectivity index (χ2n) is 8.30. The first-order chi connectivity index (χ1) is 14.8. The minimum absolute atomic E-state index is 0.0179. The highest BCUT2D eigenvalue weighted by Gasteiger charge is 2.32. The number of aliphatic carboxylic acids is 1. The minimum atomic E-state index is -0.785.